The van der Waals surface area contributed by atoms with Crippen molar-refractivity contribution in [2.45, 2.75) is 25.7 Å². The first-order valence-corrected chi connectivity index (χ1v) is 12.7. The second kappa shape index (κ2) is 9.97. The van der Waals surface area contributed by atoms with Gasteiger partial charge in [0.1, 0.15) is 18.2 Å². The van der Waals surface area contributed by atoms with Crippen LogP contribution < -0.4 is 5.32 Å². The standard InChI is InChI=1S/C30H27N5O3/c1-20-26-7-2-3-8-27(26)38-28(20)29(36)33-24-11-9-21(10-12-24)22-13-15-34(16-14-22)30(37)23-5-4-6-25(17-23)35-19-31-18-32-35/h2-12,17-19,22H,13-16H2,1H3,(H,33,36). The average Bonchev–Trinajstić information content (AvgIpc) is 3.62. The molecule has 8 heteroatoms. The molecule has 0 unspecified atom stereocenters. The van der Waals surface area contributed by atoms with Gasteiger partial charge in [-0.05, 0) is 67.6 Å². The highest BCUT2D eigenvalue weighted by Crippen LogP contribution is 2.30. The van der Waals surface area contributed by atoms with E-state index in [0.717, 1.165) is 35.2 Å². The molecule has 8 nitrogen and oxygen atoms in total. The lowest BCUT2D eigenvalue weighted by Crippen LogP contribution is -2.37. The van der Waals surface area contributed by atoms with Gasteiger partial charge >= 0.3 is 0 Å². The van der Waals surface area contributed by atoms with E-state index in [-0.39, 0.29) is 11.8 Å². The Hall–Kier alpha value is -4.72. The molecule has 0 spiro atoms. The van der Waals surface area contributed by atoms with Gasteiger partial charge in [-0.2, -0.15) is 5.10 Å². The highest BCUT2D eigenvalue weighted by molar-refractivity contribution is 6.06. The van der Waals surface area contributed by atoms with Crippen LogP contribution in [0.15, 0.2) is 89.9 Å². The molecule has 2 amide bonds. The molecular weight excluding hydrogens is 478 g/mol. The van der Waals surface area contributed by atoms with E-state index < -0.39 is 0 Å². The average molecular weight is 506 g/mol. The summed E-state index contributed by atoms with van der Waals surface area (Å²) >= 11 is 0. The van der Waals surface area contributed by atoms with Gasteiger partial charge in [-0.3, -0.25) is 9.59 Å². The lowest BCUT2D eigenvalue weighted by atomic mass is 9.89. The van der Waals surface area contributed by atoms with Crippen molar-refractivity contribution in [3.63, 3.8) is 0 Å². The van der Waals surface area contributed by atoms with Gasteiger partial charge < -0.3 is 14.6 Å². The number of aromatic nitrogens is 3. The van der Waals surface area contributed by atoms with Crippen LogP contribution in [0.4, 0.5) is 5.69 Å². The molecule has 1 saturated heterocycles. The summed E-state index contributed by atoms with van der Waals surface area (Å²) in [5.74, 6) is 0.470. The van der Waals surface area contributed by atoms with Crippen LogP contribution in [-0.4, -0.2) is 44.6 Å². The Bertz CT molecular complexity index is 1600. The van der Waals surface area contributed by atoms with E-state index in [2.05, 4.69) is 27.5 Å². The number of benzene rings is 3. The number of rotatable bonds is 5. The third kappa shape index (κ3) is 4.56. The summed E-state index contributed by atoms with van der Waals surface area (Å²) in [7, 11) is 0. The van der Waals surface area contributed by atoms with Gasteiger partial charge in [-0.1, -0.05) is 36.4 Å². The third-order valence-electron chi connectivity index (χ3n) is 7.25. The first-order chi connectivity index (χ1) is 18.6. The van der Waals surface area contributed by atoms with Crippen LogP contribution in [0.25, 0.3) is 16.7 Å². The first kappa shape index (κ1) is 23.7. The van der Waals surface area contributed by atoms with Crippen LogP contribution in [-0.2, 0) is 0 Å². The second-order valence-corrected chi connectivity index (χ2v) is 9.59. The van der Waals surface area contributed by atoms with Crippen molar-refractivity contribution in [2.75, 3.05) is 18.4 Å². The Morgan fingerprint density at radius 3 is 2.50 bits per heavy atom. The Labute approximate surface area is 219 Å². The van der Waals surface area contributed by atoms with E-state index in [1.807, 2.05) is 72.5 Å². The summed E-state index contributed by atoms with van der Waals surface area (Å²) in [4.78, 5) is 31.9. The Morgan fingerprint density at radius 2 is 1.76 bits per heavy atom. The van der Waals surface area contributed by atoms with E-state index in [1.54, 1.807) is 11.0 Å². The largest absolute Gasteiger partial charge is 0.451 e. The van der Waals surface area contributed by atoms with Gasteiger partial charge in [0.05, 0.1) is 5.69 Å². The zero-order valence-corrected chi connectivity index (χ0v) is 21.0. The molecule has 0 atom stereocenters. The minimum atomic E-state index is -0.258. The number of piperidine rings is 1. The fourth-order valence-corrected chi connectivity index (χ4v) is 5.14. The molecule has 0 radical (unpaired) electrons. The van der Waals surface area contributed by atoms with Crippen LogP contribution >= 0.6 is 0 Å². The van der Waals surface area contributed by atoms with Gasteiger partial charge in [0.25, 0.3) is 11.8 Å². The summed E-state index contributed by atoms with van der Waals surface area (Å²) in [6, 6.07) is 23.1. The zero-order valence-electron chi connectivity index (χ0n) is 21.0. The topological polar surface area (TPSA) is 93.3 Å². The van der Waals surface area contributed by atoms with Crippen LogP contribution in [0, 0.1) is 6.92 Å². The summed E-state index contributed by atoms with van der Waals surface area (Å²) in [6.45, 7) is 3.29. The summed E-state index contributed by atoms with van der Waals surface area (Å²) < 4.78 is 7.43. The SMILES string of the molecule is Cc1c(C(=O)Nc2ccc(C3CCN(C(=O)c4cccc(-n5cncn5)c4)CC3)cc2)oc2ccccc12. The molecule has 1 aliphatic heterocycles. The molecule has 38 heavy (non-hydrogen) atoms. The number of anilines is 1. The third-order valence-corrected chi connectivity index (χ3v) is 7.25. The number of nitrogens with one attached hydrogen (secondary N) is 1. The maximum atomic E-state index is 13.1. The van der Waals surface area contributed by atoms with Crippen molar-refractivity contribution in [3.05, 3.63) is 108 Å². The minimum absolute atomic E-state index is 0.0318. The van der Waals surface area contributed by atoms with Gasteiger partial charge in [0, 0.05) is 35.3 Å². The van der Waals surface area contributed by atoms with E-state index in [1.165, 1.54) is 11.9 Å². The number of amides is 2. The fourth-order valence-electron chi connectivity index (χ4n) is 5.14. The smallest absolute Gasteiger partial charge is 0.291 e. The molecule has 190 valence electrons. The number of para-hydroxylation sites is 1. The van der Waals surface area contributed by atoms with E-state index in [9.17, 15) is 9.59 Å². The lowest BCUT2D eigenvalue weighted by Gasteiger charge is -2.32. The maximum Gasteiger partial charge on any atom is 0.291 e. The van der Waals surface area contributed by atoms with Crippen molar-refractivity contribution in [1.29, 1.82) is 0 Å². The molecule has 5 aromatic rings. The number of nitrogens with zero attached hydrogens (tertiary/aromatic N) is 4. The van der Waals surface area contributed by atoms with E-state index in [0.29, 0.717) is 35.9 Å². The molecule has 0 aliphatic carbocycles. The predicted octanol–water partition coefficient (Wildman–Crippen LogP) is 5.59. The monoisotopic (exact) mass is 505 g/mol. The molecule has 1 N–H and O–H groups in total. The number of aryl methyl sites for hydroxylation is 1. The molecular formula is C30H27N5O3. The van der Waals surface area contributed by atoms with E-state index >= 15 is 0 Å². The molecule has 1 fully saturated rings. The number of carbonyl (C=O) groups excluding carboxylic acids is 2. The van der Waals surface area contributed by atoms with Crippen molar-refractivity contribution in [2.24, 2.45) is 0 Å². The Morgan fingerprint density at radius 1 is 0.974 bits per heavy atom. The molecule has 2 aromatic heterocycles. The summed E-state index contributed by atoms with van der Waals surface area (Å²) in [5, 5.41) is 8.04. The normalized spacial score (nSPS) is 14.1. The zero-order chi connectivity index (χ0) is 26.1. The number of hydrogen-bond acceptors (Lipinski definition) is 5. The number of hydrogen-bond donors (Lipinski definition) is 1. The lowest BCUT2D eigenvalue weighted by molar-refractivity contribution is 0.0713. The summed E-state index contributed by atoms with van der Waals surface area (Å²) in [5.41, 5.74) is 4.93. The molecule has 1 aliphatic rings. The number of carbonyl (C=O) groups is 2. The van der Waals surface area contributed by atoms with Gasteiger partial charge in [0.15, 0.2) is 5.76 Å². The van der Waals surface area contributed by atoms with Gasteiger partial charge in [0.2, 0.25) is 0 Å². The number of fused-ring (bicyclic) bond motifs is 1. The van der Waals surface area contributed by atoms with Crippen molar-refractivity contribution >= 4 is 28.5 Å². The van der Waals surface area contributed by atoms with Crippen molar-refractivity contribution < 1.29 is 14.0 Å². The number of likely N-dealkylation sites (tertiary alicyclic amines) is 1. The quantitative estimate of drug-likeness (QED) is 0.336. The fraction of sp³-hybridized carbons (Fsp3) is 0.200. The van der Waals surface area contributed by atoms with E-state index in [4.69, 9.17) is 4.42 Å². The highest BCUT2D eigenvalue weighted by atomic mass is 16.3. The molecule has 6 rings (SSSR count). The maximum absolute atomic E-state index is 13.1. The second-order valence-electron chi connectivity index (χ2n) is 9.59. The van der Waals surface area contributed by atoms with Crippen LogP contribution in [0.3, 0.4) is 0 Å². The minimum Gasteiger partial charge on any atom is -0.451 e. The predicted molar refractivity (Wildman–Crippen MR) is 145 cm³/mol. The van der Waals surface area contributed by atoms with Gasteiger partial charge in [-0.25, -0.2) is 9.67 Å². The molecule has 3 heterocycles. The van der Waals surface area contributed by atoms with Crippen molar-refractivity contribution in [3.8, 4) is 5.69 Å². The van der Waals surface area contributed by atoms with Crippen LogP contribution in [0.1, 0.15) is 50.8 Å². The highest BCUT2D eigenvalue weighted by Gasteiger charge is 2.25. The first-order valence-electron chi connectivity index (χ1n) is 12.7. The Kier molecular flexibility index (Phi) is 6.21. The number of furan rings is 1. The summed E-state index contributed by atoms with van der Waals surface area (Å²) in [6.07, 6.45) is 4.86. The molecule has 0 saturated carbocycles. The Balaban J connectivity index is 1.07. The molecule has 3 aromatic carbocycles. The van der Waals surface area contributed by atoms with Crippen molar-refractivity contribution in [1.82, 2.24) is 19.7 Å². The molecule has 0 bridgehead atoms. The van der Waals surface area contributed by atoms with Gasteiger partial charge in [-0.15, -0.1) is 0 Å². The van der Waals surface area contributed by atoms with Crippen LogP contribution in [0.5, 0.6) is 0 Å². The van der Waals surface area contributed by atoms with Crippen LogP contribution in [0.2, 0.25) is 0 Å².